The molecule has 0 aliphatic heterocycles. The van der Waals surface area contributed by atoms with Gasteiger partial charge in [-0.1, -0.05) is 44.9 Å². The summed E-state index contributed by atoms with van der Waals surface area (Å²) in [5.74, 6) is 0.454. The van der Waals surface area contributed by atoms with Crippen molar-refractivity contribution in [2.75, 3.05) is 6.54 Å². The lowest BCUT2D eigenvalue weighted by Gasteiger charge is -2.21. The van der Waals surface area contributed by atoms with Crippen LogP contribution < -0.4 is 11.1 Å². The highest BCUT2D eigenvalue weighted by Crippen LogP contribution is 2.14. The number of carbonyl (C=O) groups is 1. The highest BCUT2D eigenvalue weighted by atomic mass is 16.1. The van der Waals surface area contributed by atoms with Crippen molar-refractivity contribution in [3.63, 3.8) is 0 Å². The normalized spacial score (nSPS) is 12.5. The van der Waals surface area contributed by atoms with Gasteiger partial charge in [0.05, 0.1) is 0 Å². The van der Waals surface area contributed by atoms with Crippen LogP contribution in [0.15, 0.2) is 18.2 Å². The standard InChI is InChI=1S/C16H26N2O/c1-5-13(6-2)14(17)10-18-16(19)15-11(3)8-7-9-12(15)4/h7-9,13-14H,5-6,10,17H2,1-4H3,(H,18,19). The quantitative estimate of drug-likeness (QED) is 0.828. The summed E-state index contributed by atoms with van der Waals surface area (Å²) in [5.41, 5.74) is 8.92. The third-order valence-corrected chi connectivity index (χ3v) is 3.86. The number of nitrogens with two attached hydrogens (primary N) is 1. The predicted molar refractivity (Wildman–Crippen MR) is 80.3 cm³/mol. The van der Waals surface area contributed by atoms with E-state index < -0.39 is 0 Å². The van der Waals surface area contributed by atoms with Gasteiger partial charge in [-0.05, 0) is 30.9 Å². The van der Waals surface area contributed by atoms with Gasteiger partial charge in [0.1, 0.15) is 0 Å². The van der Waals surface area contributed by atoms with E-state index in [1.807, 2.05) is 32.0 Å². The largest absolute Gasteiger partial charge is 0.350 e. The minimum atomic E-state index is -0.0167. The molecule has 3 nitrogen and oxygen atoms in total. The first-order chi connectivity index (χ1) is 9.01. The van der Waals surface area contributed by atoms with E-state index in [2.05, 4.69) is 19.2 Å². The van der Waals surface area contributed by atoms with Crippen molar-refractivity contribution in [2.24, 2.45) is 11.7 Å². The van der Waals surface area contributed by atoms with Crippen molar-refractivity contribution in [1.29, 1.82) is 0 Å². The van der Waals surface area contributed by atoms with E-state index in [-0.39, 0.29) is 11.9 Å². The molecule has 3 N–H and O–H groups in total. The summed E-state index contributed by atoms with van der Waals surface area (Å²) in [6.07, 6.45) is 2.11. The van der Waals surface area contributed by atoms with Crippen LogP contribution in [0.1, 0.15) is 48.2 Å². The fourth-order valence-electron chi connectivity index (χ4n) is 2.53. The Balaban J connectivity index is 2.66. The van der Waals surface area contributed by atoms with E-state index in [9.17, 15) is 4.79 Å². The maximum Gasteiger partial charge on any atom is 0.251 e. The molecular weight excluding hydrogens is 236 g/mol. The number of aryl methyl sites for hydroxylation is 2. The van der Waals surface area contributed by atoms with Crippen LogP contribution in [-0.4, -0.2) is 18.5 Å². The van der Waals surface area contributed by atoms with Gasteiger partial charge < -0.3 is 11.1 Å². The minimum Gasteiger partial charge on any atom is -0.350 e. The zero-order valence-electron chi connectivity index (χ0n) is 12.5. The van der Waals surface area contributed by atoms with Crippen molar-refractivity contribution in [2.45, 2.75) is 46.6 Å². The summed E-state index contributed by atoms with van der Waals surface area (Å²) in [4.78, 5) is 12.2. The van der Waals surface area contributed by atoms with Gasteiger partial charge in [0.2, 0.25) is 0 Å². The number of carbonyl (C=O) groups excluding carboxylic acids is 1. The van der Waals surface area contributed by atoms with Crippen LogP contribution in [0, 0.1) is 19.8 Å². The molecule has 0 fully saturated rings. The monoisotopic (exact) mass is 262 g/mol. The molecule has 1 aromatic carbocycles. The second kappa shape index (κ2) is 7.29. The molecule has 0 aliphatic rings. The molecule has 1 atom stereocenters. The third kappa shape index (κ3) is 4.06. The molecule has 0 saturated heterocycles. The molecule has 1 amide bonds. The third-order valence-electron chi connectivity index (χ3n) is 3.86. The van der Waals surface area contributed by atoms with Gasteiger partial charge in [-0.15, -0.1) is 0 Å². The van der Waals surface area contributed by atoms with Crippen molar-refractivity contribution in [1.82, 2.24) is 5.32 Å². The Morgan fingerprint density at radius 1 is 1.21 bits per heavy atom. The number of hydrogen-bond donors (Lipinski definition) is 2. The Morgan fingerprint density at radius 2 is 1.74 bits per heavy atom. The van der Waals surface area contributed by atoms with Crippen LogP contribution in [0.3, 0.4) is 0 Å². The Hall–Kier alpha value is -1.35. The maximum atomic E-state index is 12.2. The number of hydrogen-bond acceptors (Lipinski definition) is 2. The molecule has 19 heavy (non-hydrogen) atoms. The number of benzene rings is 1. The Morgan fingerprint density at radius 3 is 2.21 bits per heavy atom. The topological polar surface area (TPSA) is 55.1 Å². The van der Waals surface area contributed by atoms with Crippen LogP contribution >= 0.6 is 0 Å². The first-order valence-electron chi connectivity index (χ1n) is 7.11. The van der Waals surface area contributed by atoms with Crippen LogP contribution in [0.2, 0.25) is 0 Å². The molecule has 0 bridgehead atoms. The molecule has 1 aromatic rings. The summed E-state index contributed by atoms with van der Waals surface area (Å²) in [5, 5.41) is 2.97. The van der Waals surface area contributed by atoms with Crippen LogP contribution in [-0.2, 0) is 0 Å². The molecular formula is C16H26N2O. The first kappa shape index (κ1) is 15.7. The second-order valence-corrected chi connectivity index (χ2v) is 5.22. The summed E-state index contributed by atoms with van der Waals surface area (Å²) >= 11 is 0. The van der Waals surface area contributed by atoms with Gasteiger partial charge in [0.25, 0.3) is 5.91 Å². The molecule has 3 heteroatoms. The Labute approximate surface area is 116 Å². The van der Waals surface area contributed by atoms with E-state index in [0.29, 0.717) is 12.5 Å². The number of rotatable bonds is 6. The molecule has 0 spiro atoms. The van der Waals surface area contributed by atoms with E-state index in [0.717, 1.165) is 29.5 Å². The highest BCUT2D eigenvalue weighted by molar-refractivity contribution is 5.97. The van der Waals surface area contributed by atoms with E-state index >= 15 is 0 Å². The second-order valence-electron chi connectivity index (χ2n) is 5.22. The van der Waals surface area contributed by atoms with Crippen LogP contribution in [0.5, 0.6) is 0 Å². The Kier molecular flexibility index (Phi) is 6.03. The molecule has 0 heterocycles. The van der Waals surface area contributed by atoms with Gasteiger partial charge in [-0.2, -0.15) is 0 Å². The fourth-order valence-corrected chi connectivity index (χ4v) is 2.53. The predicted octanol–water partition coefficient (Wildman–Crippen LogP) is 2.80. The van der Waals surface area contributed by atoms with E-state index in [1.54, 1.807) is 0 Å². The highest BCUT2D eigenvalue weighted by Gasteiger charge is 2.17. The average Bonchev–Trinajstić information content (AvgIpc) is 2.37. The SMILES string of the molecule is CCC(CC)C(N)CNC(=O)c1c(C)cccc1C. The van der Waals surface area contributed by atoms with Gasteiger partial charge in [-0.25, -0.2) is 0 Å². The fraction of sp³-hybridized carbons (Fsp3) is 0.562. The van der Waals surface area contributed by atoms with Crippen molar-refractivity contribution >= 4 is 5.91 Å². The van der Waals surface area contributed by atoms with Gasteiger partial charge in [0, 0.05) is 18.2 Å². The maximum absolute atomic E-state index is 12.2. The van der Waals surface area contributed by atoms with Gasteiger partial charge in [0.15, 0.2) is 0 Å². The molecule has 0 radical (unpaired) electrons. The van der Waals surface area contributed by atoms with Gasteiger partial charge >= 0.3 is 0 Å². The number of nitrogens with one attached hydrogen (secondary N) is 1. The molecule has 1 rings (SSSR count). The average molecular weight is 262 g/mol. The molecule has 106 valence electrons. The summed E-state index contributed by atoms with van der Waals surface area (Å²) in [6, 6.07) is 5.92. The van der Waals surface area contributed by atoms with E-state index in [1.165, 1.54) is 0 Å². The summed E-state index contributed by atoms with van der Waals surface area (Å²) in [6.45, 7) is 8.74. The lowest BCUT2D eigenvalue weighted by atomic mass is 9.94. The molecule has 1 unspecified atom stereocenters. The lowest BCUT2D eigenvalue weighted by Crippen LogP contribution is -2.42. The zero-order valence-corrected chi connectivity index (χ0v) is 12.5. The van der Waals surface area contributed by atoms with Crippen molar-refractivity contribution in [3.05, 3.63) is 34.9 Å². The number of amides is 1. The van der Waals surface area contributed by atoms with E-state index in [4.69, 9.17) is 5.73 Å². The molecule has 0 aromatic heterocycles. The molecule has 0 saturated carbocycles. The van der Waals surface area contributed by atoms with Crippen molar-refractivity contribution < 1.29 is 4.79 Å². The summed E-state index contributed by atoms with van der Waals surface area (Å²) in [7, 11) is 0. The summed E-state index contributed by atoms with van der Waals surface area (Å²) < 4.78 is 0. The minimum absolute atomic E-state index is 0.0167. The molecule has 0 aliphatic carbocycles. The smallest absolute Gasteiger partial charge is 0.251 e. The van der Waals surface area contributed by atoms with Crippen molar-refractivity contribution in [3.8, 4) is 0 Å². The Bertz CT molecular complexity index is 405. The lowest BCUT2D eigenvalue weighted by molar-refractivity contribution is 0.0946. The first-order valence-corrected chi connectivity index (χ1v) is 7.11. The zero-order chi connectivity index (χ0) is 14.4. The van der Waals surface area contributed by atoms with Crippen LogP contribution in [0.4, 0.5) is 0 Å². The van der Waals surface area contributed by atoms with Crippen LogP contribution in [0.25, 0.3) is 0 Å². The van der Waals surface area contributed by atoms with Gasteiger partial charge in [-0.3, -0.25) is 4.79 Å².